The van der Waals surface area contributed by atoms with Crippen LogP contribution in [0.25, 0.3) is 0 Å². The number of benzene rings is 1. The average molecular weight is 384 g/mol. The van der Waals surface area contributed by atoms with Crippen LogP contribution in [0.3, 0.4) is 0 Å². The molecule has 0 radical (unpaired) electrons. The van der Waals surface area contributed by atoms with Crippen LogP contribution in [-0.2, 0) is 14.4 Å². The summed E-state index contributed by atoms with van der Waals surface area (Å²) in [6, 6.07) is 4.85. The van der Waals surface area contributed by atoms with Gasteiger partial charge in [0.1, 0.15) is 0 Å². The van der Waals surface area contributed by atoms with Crippen LogP contribution < -0.4 is 9.47 Å². The van der Waals surface area contributed by atoms with Gasteiger partial charge < -0.3 is 14.6 Å². The molecule has 1 heterocycles. The lowest BCUT2D eigenvalue weighted by Gasteiger charge is -2.13. The molecule has 2 bridgehead atoms. The fraction of sp³-hybridized carbons (Fsp3) is 0.400. The second-order valence-corrected chi connectivity index (χ2v) is 7.05. The monoisotopic (exact) mass is 384 g/mol. The molecule has 0 spiro atoms. The van der Waals surface area contributed by atoms with Gasteiger partial charge in [-0.15, -0.1) is 0 Å². The predicted molar refractivity (Wildman–Crippen MR) is 97.9 cm³/mol. The first kappa shape index (κ1) is 18.2. The number of fused-ring (bicyclic) bond motifs is 5. The zero-order valence-corrected chi connectivity index (χ0v) is 15.3. The molecule has 146 valence electrons. The summed E-state index contributed by atoms with van der Waals surface area (Å²) < 4.78 is 10.7. The maximum Gasteiger partial charge on any atom is 0.341 e. The number of imide groups is 1. The number of hydrogen-bond donors (Lipinski definition) is 1. The molecule has 1 aromatic carbocycles. The summed E-state index contributed by atoms with van der Waals surface area (Å²) in [4.78, 5) is 36.0. The number of hydrogen-bond acceptors (Lipinski definition) is 6. The van der Waals surface area contributed by atoms with Crippen LogP contribution >= 0.6 is 0 Å². The van der Waals surface area contributed by atoms with Gasteiger partial charge in [0.25, 0.3) is 11.8 Å². The molecule has 1 saturated heterocycles. The van der Waals surface area contributed by atoms with E-state index in [0.29, 0.717) is 23.7 Å². The van der Waals surface area contributed by atoms with Crippen LogP contribution in [-0.4, -0.2) is 47.3 Å². The smallest absolute Gasteiger partial charge is 0.341 e. The van der Waals surface area contributed by atoms with Crippen molar-refractivity contribution in [2.45, 2.75) is 13.3 Å². The van der Waals surface area contributed by atoms with Gasteiger partial charge in [0, 0.05) is 0 Å². The van der Waals surface area contributed by atoms with E-state index in [0.717, 1.165) is 11.4 Å². The first-order valence-corrected chi connectivity index (χ1v) is 9.21. The van der Waals surface area contributed by atoms with Crippen LogP contribution in [0.4, 0.5) is 0 Å². The Morgan fingerprint density at radius 1 is 1.18 bits per heavy atom. The summed E-state index contributed by atoms with van der Waals surface area (Å²) in [6.07, 6.45) is 6.37. The Hall–Kier alpha value is -3.16. The number of nitrogens with zero attached hydrogens (tertiary/aromatic N) is 2. The Labute approximate surface area is 161 Å². The zero-order chi connectivity index (χ0) is 19.8. The van der Waals surface area contributed by atoms with E-state index in [-0.39, 0.29) is 35.5 Å². The van der Waals surface area contributed by atoms with Crippen LogP contribution in [0, 0.1) is 23.7 Å². The minimum absolute atomic E-state index is 0.141. The molecular weight excluding hydrogens is 364 g/mol. The Morgan fingerprint density at radius 2 is 1.86 bits per heavy atom. The number of rotatable bonds is 7. The highest BCUT2D eigenvalue weighted by Gasteiger charge is 2.59. The molecule has 4 atom stereocenters. The van der Waals surface area contributed by atoms with Gasteiger partial charge in [-0.25, -0.2) is 4.79 Å². The van der Waals surface area contributed by atoms with Gasteiger partial charge in [-0.05, 0) is 48.9 Å². The lowest BCUT2D eigenvalue weighted by Crippen LogP contribution is -2.28. The molecule has 28 heavy (non-hydrogen) atoms. The number of carbonyl (C=O) groups excluding carboxylic acids is 2. The first-order valence-electron chi connectivity index (χ1n) is 9.21. The van der Waals surface area contributed by atoms with E-state index >= 15 is 0 Å². The summed E-state index contributed by atoms with van der Waals surface area (Å²) in [5.41, 5.74) is 0.602. The molecule has 2 amide bonds. The number of hydrazone groups is 1. The molecule has 8 nitrogen and oxygen atoms in total. The molecule has 2 fully saturated rings. The fourth-order valence-corrected chi connectivity index (χ4v) is 4.26. The minimum atomic E-state index is -1.09. The number of carboxylic acids is 1. The third-order valence-corrected chi connectivity index (χ3v) is 5.39. The Balaban J connectivity index is 1.51. The highest BCUT2D eigenvalue weighted by molar-refractivity contribution is 6.06. The third kappa shape index (κ3) is 3.04. The van der Waals surface area contributed by atoms with Crippen molar-refractivity contribution in [3.8, 4) is 11.5 Å². The summed E-state index contributed by atoms with van der Waals surface area (Å²) in [5.74, 6) is -1.20. The first-order chi connectivity index (χ1) is 13.5. The summed E-state index contributed by atoms with van der Waals surface area (Å²) in [5, 5.41) is 13.9. The molecule has 3 aliphatic rings. The number of amides is 2. The number of aliphatic carboxylic acids is 1. The van der Waals surface area contributed by atoms with Gasteiger partial charge in [0.2, 0.25) is 0 Å². The Kier molecular flexibility index (Phi) is 4.62. The Morgan fingerprint density at radius 3 is 2.46 bits per heavy atom. The lowest BCUT2D eigenvalue weighted by atomic mass is 9.85. The van der Waals surface area contributed by atoms with Crippen molar-refractivity contribution >= 4 is 24.0 Å². The topological polar surface area (TPSA) is 106 Å². The highest BCUT2D eigenvalue weighted by Crippen LogP contribution is 2.52. The number of ether oxygens (including phenoxy) is 2. The molecule has 8 heteroatoms. The lowest BCUT2D eigenvalue weighted by molar-refractivity contribution is -0.141. The van der Waals surface area contributed by atoms with E-state index in [1.54, 1.807) is 25.1 Å². The van der Waals surface area contributed by atoms with Crippen molar-refractivity contribution in [3.63, 3.8) is 0 Å². The summed E-state index contributed by atoms with van der Waals surface area (Å²) in [6.45, 7) is 1.68. The quantitative estimate of drug-likeness (QED) is 0.436. The van der Waals surface area contributed by atoms with E-state index in [1.807, 2.05) is 12.2 Å². The largest absolute Gasteiger partial charge is 0.490 e. The van der Waals surface area contributed by atoms with E-state index in [9.17, 15) is 14.4 Å². The summed E-state index contributed by atoms with van der Waals surface area (Å²) >= 11 is 0. The van der Waals surface area contributed by atoms with Crippen molar-refractivity contribution in [1.29, 1.82) is 0 Å². The normalized spacial score (nSPS) is 27.7. The maximum atomic E-state index is 12.6. The zero-order valence-electron chi connectivity index (χ0n) is 15.3. The molecule has 2 aliphatic carbocycles. The van der Waals surface area contributed by atoms with Crippen molar-refractivity contribution in [2.24, 2.45) is 28.8 Å². The minimum Gasteiger partial charge on any atom is -0.490 e. The van der Waals surface area contributed by atoms with Gasteiger partial charge in [0.15, 0.2) is 18.1 Å². The van der Waals surface area contributed by atoms with Gasteiger partial charge in [-0.1, -0.05) is 12.2 Å². The molecule has 1 saturated carbocycles. The van der Waals surface area contributed by atoms with Crippen LogP contribution in [0.5, 0.6) is 11.5 Å². The van der Waals surface area contributed by atoms with Gasteiger partial charge in [0.05, 0.1) is 24.7 Å². The van der Waals surface area contributed by atoms with E-state index in [2.05, 4.69) is 5.10 Å². The molecule has 0 aromatic heterocycles. The van der Waals surface area contributed by atoms with Crippen molar-refractivity contribution in [3.05, 3.63) is 35.9 Å². The maximum absolute atomic E-state index is 12.6. The standard InChI is InChI=1S/C20H20N2O6/c1-2-27-15-7-11(3-6-14(15)28-10-16(23)24)9-21-22-19(25)17-12-4-5-13(8-12)18(17)20(22)26/h3-7,9,12-13,17-18H,2,8,10H2,1H3,(H,23,24)/t12-,13-,17-,18+/m0/s1. The molecule has 1 N–H and O–H groups in total. The fourth-order valence-electron chi connectivity index (χ4n) is 4.26. The molecular formula is C20H20N2O6. The van der Waals surface area contributed by atoms with Gasteiger partial charge in [-0.2, -0.15) is 10.1 Å². The van der Waals surface area contributed by atoms with Gasteiger partial charge >= 0.3 is 5.97 Å². The van der Waals surface area contributed by atoms with Crippen LogP contribution in [0.1, 0.15) is 18.9 Å². The summed E-state index contributed by atoms with van der Waals surface area (Å²) in [7, 11) is 0. The van der Waals surface area contributed by atoms with Crippen molar-refractivity contribution in [2.75, 3.05) is 13.2 Å². The van der Waals surface area contributed by atoms with Crippen LogP contribution in [0.15, 0.2) is 35.5 Å². The second kappa shape index (κ2) is 7.10. The van der Waals surface area contributed by atoms with E-state index in [1.165, 1.54) is 6.21 Å². The Bertz CT molecular complexity index is 863. The third-order valence-electron chi connectivity index (χ3n) is 5.39. The number of allylic oxidation sites excluding steroid dienone is 2. The van der Waals surface area contributed by atoms with Crippen LogP contribution in [0.2, 0.25) is 0 Å². The molecule has 4 rings (SSSR count). The van der Waals surface area contributed by atoms with Crippen molar-refractivity contribution < 1.29 is 29.0 Å². The highest BCUT2D eigenvalue weighted by atomic mass is 16.5. The average Bonchev–Trinajstić information content (AvgIpc) is 3.34. The second-order valence-electron chi connectivity index (χ2n) is 7.05. The van der Waals surface area contributed by atoms with E-state index in [4.69, 9.17) is 14.6 Å². The van der Waals surface area contributed by atoms with Crippen molar-refractivity contribution in [1.82, 2.24) is 5.01 Å². The molecule has 0 unspecified atom stereocenters. The number of carbonyl (C=O) groups is 3. The predicted octanol–water partition coefficient (Wildman–Crippen LogP) is 1.69. The molecule has 1 aliphatic heterocycles. The number of carboxylic acid groups (broad SMARTS) is 1. The van der Waals surface area contributed by atoms with Gasteiger partial charge in [-0.3, -0.25) is 9.59 Å². The van der Waals surface area contributed by atoms with E-state index < -0.39 is 12.6 Å². The molecule has 1 aromatic rings. The SMILES string of the molecule is CCOc1cc(C=NN2C(=O)[C@@H]3[C@H](C2=O)[C@H]2C=C[C@H]3C2)ccc1OCC(=O)O.